The van der Waals surface area contributed by atoms with Crippen LogP contribution >= 0.6 is 0 Å². The van der Waals surface area contributed by atoms with Crippen LogP contribution in [0.15, 0.2) is 19.0 Å². The summed E-state index contributed by atoms with van der Waals surface area (Å²) in [6, 6.07) is 0. The van der Waals surface area contributed by atoms with E-state index < -0.39 is 0 Å². The minimum atomic E-state index is -0.250. The van der Waals surface area contributed by atoms with E-state index in [9.17, 15) is 0 Å². The van der Waals surface area contributed by atoms with Crippen molar-refractivity contribution in [3.8, 4) is 35.3 Å². The van der Waals surface area contributed by atoms with Gasteiger partial charge in [-0.3, -0.25) is 0 Å². The van der Waals surface area contributed by atoms with E-state index in [1.54, 1.807) is 0 Å². The second kappa shape index (κ2) is 3.30. The molecule has 0 aromatic carbocycles. The van der Waals surface area contributed by atoms with E-state index in [2.05, 4.69) is 29.9 Å². The summed E-state index contributed by atoms with van der Waals surface area (Å²) in [7, 11) is 0. The van der Waals surface area contributed by atoms with E-state index in [1.165, 1.54) is 19.0 Å². The maximum Gasteiger partial charge on any atom is 0.283 e. The minimum absolute atomic E-state index is 0.250. The lowest BCUT2D eigenvalue weighted by Crippen LogP contribution is -2.61. The molecule has 0 radical (unpaired) electrons. The summed E-state index contributed by atoms with van der Waals surface area (Å²) in [5, 5.41) is 0. The second-order valence-corrected chi connectivity index (χ2v) is 4.93. The third-order valence-corrected chi connectivity index (χ3v) is 3.88. The average Bonchev–Trinajstić information content (AvgIpc) is 2.55. The summed E-state index contributed by atoms with van der Waals surface area (Å²) in [6.45, 7) is -0.250. The molecule has 0 bridgehead atoms. The molecular weight excluding hydrogens is 287 g/mol. The Labute approximate surface area is 122 Å². The van der Waals surface area contributed by atoms with Crippen LogP contribution < -0.4 is 30.6 Å². The first-order valence-corrected chi connectivity index (χ1v) is 6.48. The van der Waals surface area contributed by atoms with Crippen LogP contribution in [0.5, 0.6) is 35.3 Å². The lowest BCUT2D eigenvalue weighted by Gasteiger charge is -2.33. The number of hydrogen-bond donors (Lipinski definition) is 0. The van der Waals surface area contributed by atoms with Crippen LogP contribution in [0.4, 0.5) is 0 Å². The summed E-state index contributed by atoms with van der Waals surface area (Å²) in [5.41, 5.74) is 2.16. The maximum atomic E-state index is 5.75. The summed E-state index contributed by atoms with van der Waals surface area (Å²) >= 11 is 0. The Hall–Kier alpha value is -3.30. The third kappa shape index (κ3) is 1.05. The van der Waals surface area contributed by atoms with Crippen LogP contribution in [0, 0.1) is 0 Å². The number of nitrogens with zero attached hydrogens (tertiary/aromatic N) is 6. The second-order valence-electron chi connectivity index (χ2n) is 4.93. The van der Waals surface area contributed by atoms with Gasteiger partial charge in [-0.1, -0.05) is 0 Å². The highest BCUT2D eigenvalue weighted by Crippen LogP contribution is 2.36. The number of hydrogen-bond acceptors (Lipinski definition) is 9. The van der Waals surface area contributed by atoms with E-state index in [4.69, 9.17) is 14.2 Å². The fourth-order valence-corrected chi connectivity index (χ4v) is 3.03. The van der Waals surface area contributed by atoms with Gasteiger partial charge in [0.1, 0.15) is 19.0 Å². The Kier molecular flexibility index (Phi) is 1.56. The van der Waals surface area contributed by atoms with Crippen LogP contribution in [-0.4, -0.2) is 36.6 Å². The fourth-order valence-electron chi connectivity index (χ4n) is 3.03. The van der Waals surface area contributed by atoms with Crippen molar-refractivity contribution in [2.45, 2.75) is 0 Å². The van der Waals surface area contributed by atoms with Crippen molar-refractivity contribution in [3.63, 3.8) is 0 Å². The topological polar surface area (TPSA) is 105 Å². The predicted octanol–water partition coefficient (Wildman–Crippen LogP) is -1.11. The first-order chi connectivity index (χ1) is 10.9. The van der Waals surface area contributed by atoms with Crippen LogP contribution in [0.2, 0.25) is 0 Å². The van der Waals surface area contributed by atoms with Gasteiger partial charge in [0.2, 0.25) is 35.3 Å². The average molecular weight is 290 g/mol. The van der Waals surface area contributed by atoms with Crippen molar-refractivity contribution < 1.29 is 14.2 Å². The van der Waals surface area contributed by atoms with Gasteiger partial charge in [0.05, 0.1) is 16.4 Å². The van der Waals surface area contributed by atoms with Crippen molar-refractivity contribution in [3.05, 3.63) is 19.0 Å². The molecule has 0 saturated carbocycles. The lowest BCUT2D eigenvalue weighted by atomic mass is 9.35. The highest BCUT2D eigenvalue weighted by atomic mass is 16.5. The van der Waals surface area contributed by atoms with Gasteiger partial charge in [-0.05, 0) is 0 Å². The van der Waals surface area contributed by atoms with E-state index >= 15 is 0 Å². The van der Waals surface area contributed by atoms with Gasteiger partial charge in [0.15, 0.2) is 0 Å². The number of ether oxygens (including phenoxy) is 3. The van der Waals surface area contributed by atoms with Gasteiger partial charge in [-0.25, -0.2) is 29.9 Å². The summed E-state index contributed by atoms with van der Waals surface area (Å²) in [6.07, 6.45) is 4.15. The molecule has 0 saturated heterocycles. The van der Waals surface area contributed by atoms with Gasteiger partial charge in [0.25, 0.3) is 6.71 Å². The maximum absolute atomic E-state index is 5.75. The molecule has 9 nitrogen and oxygen atoms in total. The highest BCUT2D eigenvalue weighted by molar-refractivity contribution is 6.99. The Morgan fingerprint density at radius 2 is 0.773 bits per heavy atom. The molecule has 102 valence electrons. The minimum Gasteiger partial charge on any atom is -0.421 e. The van der Waals surface area contributed by atoms with Crippen LogP contribution in [0.3, 0.4) is 0 Å². The summed E-state index contributed by atoms with van der Waals surface area (Å²) in [5.74, 6) is 2.47. The largest absolute Gasteiger partial charge is 0.421 e. The first kappa shape index (κ1) is 10.4. The predicted molar refractivity (Wildman–Crippen MR) is 71.0 cm³/mol. The molecule has 0 atom stereocenters. The quantitative estimate of drug-likeness (QED) is 0.322. The lowest BCUT2D eigenvalue weighted by molar-refractivity contribution is 0.395. The molecular formula is C12H3BN6O3. The Balaban J connectivity index is 1.80. The zero-order valence-corrected chi connectivity index (χ0v) is 10.7. The molecule has 0 unspecified atom stereocenters. The molecule has 10 heteroatoms. The van der Waals surface area contributed by atoms with Gasteiger partial charge in [-0.2, -0.15) is 0 Å². The Morgan fingerprint density at radius 3 is 1.05 bits per heavy atom. The van der Waals surface area contributed by atoms with Gasteiger partial charge >= 0.3 is 0 Å². The number of aromatic nitrogens is 6. The van der Waals surface area contributed by atoms with E-state index in [0.29, 0.717) is 35.3 Å². The summed E-state index contributed by atoms with van der Waals surface area (Å²) in [4.78, 5) is 25.1. The van der Waals surface area contributed by atoms with Crippen molar-refractivity contribution in [2.75, 3.05) is 0 Å². The molecule has 3 aliphatic rings. The van der Waals surface area contributed by atoms with E-state index in [1.807, 2.05) is 0 Å². The Morgan fingerprint density at radius 1 is 0.500 bits per heavy atom. The number of rotatable bonds is 0. The van der Waals surface area contributed by atoms with Gasteiger partial charge < -0.3 is 14.2 Å². The summed E-state index contributed by atoms with van der Waals surface area (Å²) < 4.78 is 17.2. The van der Waals surface area contributed by atoms with Crippen molar-refractivity contribution >= 4 is 23.1 Å². The molecule has 6 rings (SSSR count). The standard InChI is InChI=1S/C12H3BN6O3/c1-14-7-4-8(15-1)21-10-6-12(19-3-17-10)22-11-5(13(4)6)9(20-7)16-2-18-11/h1-3H. The van der Waals surface area contributed by atoms with Crippen molar-refractivity contribution in [1.82, 2.24) is 29.9 Å². The molecule has 0 aliphatic carbocycles. The van der Waals surface area contributed by atoms with Crippen LogP contribution in [-0.2, 0) is 0 Å². The molecule has 0 amide bonds. The molecule has 3 aromatic heterocycles. The van der Waals surface area contributed by atoms with Crippen molar-refractivity contribution in [2.24, 2.45) is 0 Å². The highest BCUT2D eigenvalue weighted by Gasteiger charge is 2.49. The molecule has 3 aliphatic heterocycles. The Bertz CT molecular complexity index is 809. The molecule has 0 N–H and O–H groups in total. The smallest absolute Gasteiger partial charge is 0.283 e. The monoisotopic (exact) mass is 290 g/mol. The molecule has 3 aromatic rings. The van der Waals surface area contributed by atoms with Gasteiger partial charge in [-0.15, -0.1) is 0 Å². The molecule has 0 fully saturated rings. The zero-order chi connectivity index (χ0) is 14.3. The zero-order valence-electron chi connectivity index (χ0n) is 10.7. The molecule has 0 spiro atoms. The van der Waals surface area contributed by atoms with Crippen molar-refractivity contribution in [1.29, 1.82) is 0 Å². The molecule has 22 heavy (non-hydrogen) atoms. The van der Waals surface area contributed by atoms with E-state index in [0.717, 1.165) is 16.4 Å². The molecule has 6 heterocycles. The normalized spacial score (nSPS) is 14.5. The van der Waals surface area contributed by atoms with E-state index in [-0.39, 0.29) is 6.71 Å². The first-order valence-electron chi connectivity index (χ1n) is 6.48. The van der Waals surface area contributed by atoms with Crippen LogP contribution in [0.1, 0.15) is 0 Å². The fraction of sp³-hybridized carbons (Fsp3) is 0. The third-order valence-electron chi connectivity index (χ3n) is 3.88. The van der Waals surface area contributed by atoms with Crippen LogP contribution in [0.25, 0.3) is 0 Å². The SMILES string of the molecule is c1nc2c3c(n1)Oc1ncnc4c1B3c1c(ncnc1O4)O2. The van der Waals surface area contributed by atoms with Gasteiger partial charge in [0, 0.05) is 0 Å².